The Hall–Kier alpha value is -3.56. The molecule has 1 aromatic heterocycles. The van der Waals surface area contributed by atoms with Gasteiger partial charge >= 0.3 is 0 Å². The van der Waals surface area contributed by atoms with E-state index in [2.05, 4.69) is 50.9 Å². The van der Waals surface area contributed by atoms with E-state index in [1.165, 1.54) is 37.8 Å². The van der Waals surface area contributed by atoms with Crippen LogP contribution in [0.15, 0.2) is 66.9 Å². The van der Waals surface area contributed by atoms with Crippen molar-refractivity contribution in [3.8, 4) is 17.2 Å². The van der Waals surface area contributed by atoms with Gasteiger partial charge in [-0.1, -0.05) is 25.0 Å². The van der Waals surface area contributed by atoms with Crippen LogP contribution in [-0.2, 0) is 0 Å². The summed E-state index contributed by atoms with van der Waals surface area (Å²) in [5, 5.41) is 16.8. The lowest BCUT2D eigenvalue weighted by Crippen LogP contribution is -2.54. The third-order valence-electron chi connectivity index (χ3n) is 7.31. The third-order valence-corrected chi connectivity index (χ3v) is 7.31. The number of aromatic nitrogens is 1. The lowest BCUT2D eigenvalue weighted by molar-refractivity contribution is 0.293. The second kappa shape index (κ2) is 10.8. The standard InChI is InChI=1S/C29H34N6/c30-19-21-10-12-26(13-11-21)35-16-4-7-25(20-35)33-27-8-1-2-9-28(27)34-29-18-23(14-15-32-29)22-5-3-6-24(31)17-22/h3,5-6,10-15,17-18,25,27-28,33H,1-2,4,7-9,16,20,31H2,(H,32,34)/t25-,27+,28+/m0/s1. The fourth-order valence-corrected chi connectivity index (χ4v) is 5.50. The van der Waals surface area contributed by atoms with E-state index >= 15 is 0 Å². The zero-order valence-electron chi connectivity index (χ0n) is 20.2. The minimum atomic E-state index is 0.359. The summed E-state index contributed by atoms with van der Waals surface area (Å²) < 4.78 is 0. The van der Waals surface area contributed by atoms with E-state index in [4.69, 9.17) is 11.0 Å². The normalized spacial score (nSPS) is 22.4. The Labute approximate surface area is 208 Å². The molecular formula is C29H34N6. The molecule has 6 heteroatoms. The number of nitriles is 1. The number of nitrogens with one attached hydrogen (secondary N) is 2. The number of hydrogen-bond acceptors (Lipinski definition) is 6. The van der Waals surface area contributed by atoms with Crippen LogP contribution in [0.25, 0.3) is 11.1 Å². The number of nitrogens with two attached hydrogens (primary N) is 1. The van der Waals surface area contributed by atoms with Gasteiger partial charge in [0.25, 0.3) is 0 Å². The molecule has 0 spiro atoms. The third kappa shape index (κ3) is 5.75. The lowest BCUT2D eigenvalue weighted by Gasteiger charge is -2.40. The van der Waals surface area contributed by atoms with E-state index in [9.17, 15) is 0 Å². The van der Waals surface area contributed by atoms with Crippen LogP contribution in [0.5, 0.6) is 0 Å². The minimum absolute atomic E-state index is 0.359. The van der Waals surface area contributed by atoms with Crippen molar-refractivity contribution in [2.75, 3.05) is 29.0 Å². The largest absolute Gasteiger partial charge is 0.399 e. The van der Waals surface area contributed by atoms with E-state index in [0.717, 1.165) is 42.1 Å². The topological polar surface area (TPSA) is 90.0 Å². The summed E-state index contributed by atoms with van der Waals surface area (Å²) in [5.74, 6) is 0.923. The Morgan fingerprint density at radius 3 is 2.51 bits per heavy atom. The second-order valence-electron chi connectivity index (χ2n) is 9.81. The van der Waals surface area contributed by atoms with Crippen LogP contribution in [0.3, 0.4) is 0 Å². The maximum Gasteiger partial charge on any atom is 0.126 e. The number of hydrogen-bond donors (Lipinski definition) is 3. The highest BCUT2D eigenvalue weighted by molar-refractivity contribution is 5.69. The summed E-state index contributed by atoms with van der Waals surface area (Å²) >= 11 is 0. The molecule has 35 heavy (non-hydrogen) atoms. The highest BCUT2D eigenvalue weighted by Crippen LogP contribution is 2.27. The SMILES string of the molecule is N#Cc1ccc(N2CCC[C@H](N[C@@H]3CCCC[C@H]3Nc3cc(-c4cccc(N)c4)ccn3)C2)cc1. The molecule has 2 heterocycles. The Morgan fingerprint density at radius 1 is 0.914 bits per heavy atom. The minimum Gasteiger partial charge on any atom is -0.399 e. The van der Waals surface area contributed by atoms with Crippen molar-refractivity contribution in [3.63, 3.8) is 0 Å². The highest BCUT2D eigenvalue weighted by atomic mass is 15.2. The van der Waals surface area contributed by atoms with Crippen molar-refractivity contribution < 1.29 is 0 Å². The molecule has 0 amide bonds. The van der Waals surface area contributed by atoms with E-state index in [1.54, 1.807) is 0 Å². The molecule has 1 saturated carbocycles. The molecule has 5 rings (SSSR count). The lowest BCUT2D eigenvalue weighted by atomic mass is 9.89. The number of nitrogens with zero attached hydrogens (tertiary/aromatic N) is 3. The Kier molecular flexibility index (Phi) is 7.15. The van der Waals surface area contributed by atoms with Gasteiger partial charge in [-0.2, -0.15) is 5.26 Å². The summed E-state index contributed by atoms with van der Waals surface area (Å²) in [6.07, 6.45) is 9.08. The highest BCUT2D eigenvalue weighted by Gasteiger charge is 2.29. The first-order valence-electron chi connectivity index (χ1n) is 12.8. The predicted molar refractivity (Wildman–Crippen MR) is 143 cm³/mol. The van der Waals surface area contributed by atoms with E-state index in [0.29, 0.717) is 23.7 Å². The number of pyridine rings is 1. The molecule has 1 aliphatic heterocycles. The van der Waals surface area contributed by atoms with E-state index in [-0.39, 0.29) is 0 Å². The fraction of sp³-hybridized carbons (Fsp3) is 0.379. The number of piperidine rings is 1. The van der Waals surface area contributed by atoms with Gasteiger partial charge in [-0.3, -0.25) is 0 Å². The van der Waals surface area contributed by atoms with Gasteiger partial charge in [0.15, 0.2) is 0 Å². The molecule has 1 saturated heterocycles. The van der Waals surface area contributed by atoms with Gasteiger partial charge in [0.2, 0.25) is 0 Å². The van der Waals surface area contributed by atoms with Crippen molar-refractivity contribution in [1.82, 2.24) is 10.3 Å². The smallest absolute Gasteiger partial charge is 0.126 e. The molecule has 180 valence electrons. The van der Waals surface area contributed by atoms with Crippen LogP contribution in [0.2, 0.25) is 0 Å². The molecule has 1 aliphatic carbocycles. The maximum atomic E-state index is 9.09. The molecule has 2 aliphatic rings. The van der Waals surface area contributed by atoms with Crippen molar-refractivity contribution in [3.05, 3.63) is 72.4 Å². The molecule has 0 radical (unpaired) electrons. The second-order valence-corrected chi connectivity index (χ2v) is 9.81. The molecule has 6 nitrogen and oxygen atoms in total. The summed E-state index contributed by atoms with van der Waals surface area (Å²) in [4.78, 5) is 7.08. The van der Waals surface area contributed by atoms with Gasteiger partial charge in [0, 0.05) is 48.8 Å². The summed E-state index contributed by atoms with van der Waals surface area (Å²) in [6.45, 7) is 2.06. The average molecular weight is 467 g/mol. The average Bonchev–Trinajstić information content (AvgIpc) is 2.90. The van der Waals surface area contributed by atoms with Crippen LogP contribution >= 0.6 is 0 Å². The van der Waals surface area contributed by atoms with Gasteiger partial charge in [-0.05, 0) is 85.3 Å². The summed E-state index contributed by atoms with van der Waals surface area (Å²) in [6, 6.07) is 23.6. The van der Waals surface area contributed by atoms with E-state index < -0.39 is 0 Å². The molecule has 4 N–H and O–H groups in total. The zero-order chi connectivity index (χ0) is 24.0. The monoisotopic (exact) mass is 466 g/mol. The first-order chi connectivity index (χ1) is 17.2. The predicted octanol–water partition coefficient (Wildman–Crippen LogP) is 5.18. The molecular weight excluding hydrogens is 432 g/mol. The molecule has 2 aromatic carbocycles. The number of nitrogen functional groups attached to an aromatic ring is 1. The molecule has 0 bridgehead atoms. The summed E-state index contributed by atoms with van der Waals surface area (Å²) in [5.41, 5.74) is 10.9. The van der Waals surface area contributed by atoms with Crippen LogP contribution in [0.4, 0.5) is 17.2 Å². The molecule has 2 fully saturated rings. The van der Waals surface area contributed by atoms with Crippen molar-refractivity contribution in [2.45, 2.75) is 56.7 Å². The van der Waals surface area contributed by atoms with Crippen molar-refractivity contribution >= 4 is 17.2 Å². The number of rotatable bonds is 6. The van der Waals surface area contributed by atoms with Crippen LogP contribution in [0.1, 0.15) is 44.1 Å². The maximum absolute atomic E-state index is 9.09. The van der Waals surface area contributed by atoms with Crippen LogP contribution < -0.4 is 21.3 Å². The fourth-order valence-electron chi connectivity index (χ4n) is 5.50. The van der Waals surface area contributed by atoms with Gasteiger partial charge in [0.1, 0.15) is 5.82 Å². The number of benzene rings is 2. The Balaban J connectivity index is 1.24. The van der Waals surface area contributed by atoms with Gasteiger partial charge < -0.3 is 21.3 Å². The van der Waals surface area contributed by atoms with Gasteiger partial charge in [0.05, 0.1) is 11.6 Å². The zero-order valence-corrected chi connectivity index (χ0v) is 20.2. The first kappa shape index (κ1) is 23.2. The van der Waals surface area contributed by atoms with Crippen molar-refractivity contribution in [1.29, 1.82) is 5.26 Å². The summed E-state index contributed by atoms with van der Waals surface area (Å²) in [7, 11) is 0. The van der Waals surface area contributed by atoms with Crippen molar-refractivity contribution in [2.24, 2.45) is 0 Å². The Morgan fingerprint density at radius 2 is 1.71 bits per heavy atom. The molecule has 3 aromatic rings. The van der Waals surface area contributed by atoms with E-state index in [1.807, 2.05) is 42.6 Å². The van der Waals surface area contributed by atoms with Gasteiger partial charge in [-0.25, -0.2) is 4.98 Å². The van der Waals surface area contributed by atoms with Gasteiger partial charge in [-0.15, -0.1) is 0 Å². The quantitative estimate of drug-likeness (QED) is 0.434. The van der Waals surface area contributed by atoms with Crippen LogP contribution in [0, 0.1) is 11.3 Å². The molecule has 0 unspecified atom stereocenters. The Bertz CT molecular complexity index is 1170. The molecule has 3 atom stereocenters. The number of anilines is 3. The first-order valence-corrected chi connectivity index (χ1v) is 12.8. The van der Waals surface area contributed by atoms with Crippen LogP contribution in [-0.4, -0.2) is 36.2 Å².